The third-order valence-corrected chi connectivity index (χ3v) is 5.90. The summed E-state index contributed by atoms with van der Waals surface area (Å²) in [6.07, 6.45) is 0. The van der Waals surface area contributed by atoms with Crippen LogP contribution >= 0.6 is 7.60 Å². The second kappa shape index (κ2) is 6.99. The lowest BCUT2D eigenvalue weighted by Gasteiger charge is -2.37. The highest BCUT2D eigenvalue weighted by Crippen LogP contribution is 2.61. The molecular weight excluding hydrogens is 287 g/mol. The quantitative estimate of drug-likeness (QED) is 0.390. The van der Waals surface area contributed by atoms with Gasteiger partial charge in [-0.3, -0.25) is 4.57 Å². The third kappa shape index (κ3) is 4.68. The number of rotatable bonds is 8. The van der Waals surface area contributed by atoms with Gasteiger partial charge in [-0.05, 0) is 40.4 Å². The highest BCUT2D eigenvalue weighted by molar-refractivity contribution is 7.56. The van der Waals surface area contributed by atoms with E-state index in [1.165, 1.54) is 14.0 Å². The zero-order valence-corrected chi connectivity index (χ0v) is 14.7. The number of ether oxygens (including phenoxy) is 1. The lowest BCUT2D eigenvalue weighted by Crippen LogP contribution is -2.47. The second-order valence-corrected chi connectivity index (χ2v) is 11.8. The minimum absolute atomic E-state index is 0.152. The van der Waals surface area contributed by atoms with Crippen LogP contribution in [0.1, 0.15) is 20.8 Å². The Hall–Kier alpha value is -0.203. The van der Waals surface area contributed by atoms with Crippen molar-refractivity contribution >= 4 is 21.9 Å². The van der Waals surface area contributed by atoms with E-state index in [-0.39, 0.29) is 13.2 Å². The van der Waals surface area contributed by atoms with E-state index in [2.05, 4.69) is 0 Å². The number of esters is 1. The Morgan fingerprint density at radius 3 is 1.84 bits per heavy atom. The summed E-state index contributed by atoms with van der Waals surface area (Å²) in [6.45, 7) is 10.7. The average Bonchev–Trinajstić information content (AvgIpc) is 2.26. The van der Waals surface area contributed by atoms with Crippen LogP contribution in [0.3, 0.4) is 0 Å². The van der Waals surface area contributed by atoms with Crippen LogP contribution in [-0.2, 0) is 27.6 Å². The van der Waals surface area contributed by atoms with E-state index in [4.69, 9.17) is 18.2 Å². The molecule has 0 amide bonds. The van der Waals surface area contributed by atoms with Crippen LogP contribution in [-0.4, -0.2) is 40.0 Å². The Bertz CT molecular complexity index is 344. The van der Waals surface area contributed by atoms with Crippen molar-refractivity contribution in [1.29, 1.82) is 0 Å². The minimum atomic E-state index is -3.77. The monoisotopic (exact) mass is 312 g/mol. The van der Waals surface area contributed by atoms with E-state index in [0.29, 0.717) is 0 Å². The standard InChI is InChI=1S/C11H25O6PSi/c1-8-15-18(13,16-9-2)11(3,10(12)14-4)17-19(5,6)7/h8-9H2,1-7H3. The first kappa shape index (κ1) is 18.8. The predicted octanol–water partition coefficient (Wildman–Crippen LogP) is 2.99. The molecule has 0 bridgehead atoms. The molecule has 0 saturated carbocycles. The Balaban J connectivity index is 5.66. The highest BCUT2D eigenvalue weighted by atomic mass is 31.2. The second-order valence-electron chi connectivity index (χ2n) is 5.02. The SMILES string of the molecule is CCOP(=O)(OCC)C(C)(O[Si](C)(C)C)C(=O)OC. The Morgan fingerprint density at radius 1 is 1.16 bits per heavy atom. The molecular formula is C11H25O6PSi. The van der Waals surface area contributed by atoms with E-state index >= 15 is 0 Å². The summed E-state index contributed by atoms with van der Waals surface area (Å²) in [4.78, 5) is 12.1. The molecule has 0 heterocycles. The summed E-state index contributed by atoms with van der Waals surface area (Å²) in [5, 5.41) is -1.74. The molecule has 0 aromatic carbocycles. The van der Waals surface area contributed by atoms with Crippen LogP contribution in [0.5, 0.6) is 0 Å². The van der Waals surface area contributed by atoms with E-state index in [1.807, 2.05) is 19.6 Å². The number of hydrogen-bond donors (Lipinski definition) is 0. The molecule has 8 heteroatoms. The molecule has 0 saturated heterocycles. The van der Waals surface area contributed by atoms with Crippen molar-refractivity contribution < 1.29 is 27.6 Å². The Labute approximate surface area is 116 Å². The molecule has 0 aliphatic heterocycles. The number of hydrogen-bond acceptors (Lipinski definition) is 6. The fraction of sp³-hybridized carbons (Fsp3) is 0.909. The normalized spacial score (nSPS) is 15.9. The Morgan fingerprint density at radius 2 is 1.58 bits per heavy atom. The van der Waals surface area contributed by atoms with Gasteiger partial charge in [0.05, 0.1) is 20.3 Å². The number of carbonyl (C=O) groups excluding carboxylic acids is 1. The van der Waals surface area contributed by atoms with E-state index in [1.54, 1.807) is 13.8 Å². The van der Waals surface area contributed by atoms with Gasteiger partial charge in [0.1, 0.15) is 0 Å². The van der Waals surface area contributed by atoms with Gasteiger partial charge in [0.25, 0.3) is 5.34 Å². The van der Waals surface area contributed by atoms with Gasteiger partial charge in [0, 0.05) is 0 Å². The zero-order chi connectivity index (χ0) is 15.3. The molecule has 0 fully saturated rings. The molecule has 1 unspecified atom stereocenters. The first-order valence-electron chi connectivity index (χ1n) is 6.24. The fourth-order valence-electron chi connectivity index (χ4n) is 1.62. The van der Waals surface area contributed by atoms with E-state index < -0.39 is 27.2 Å². The summed E-state index contributed by atoms with van der Waals surface area (Å²) >= 11 is 0. The molecule has 0 aliphatic carbocycles. The molecule has 0 aromatic heterocycles. The lowest BCUT2D eigenvalue weighted by atomic mass is 10.4. The molecule has 0 rings (SSSR count). The van der Waals surface area contributed by atoms with Gasteiger partial charge in [-0.15, -0.1) is 0 Å². The molecule has 114 valence electrons. The summed E-state index contributed by atoms with van der Waals surface area (Å²) in [5.41, 5.74) is 0. The smallest absolute Gasteiger partial charge is 0.372 e. The maximum Gasteiger partial charge on any atom is 0.372 e. The minimum Gasteiger partial charge on any atom is -0.466 e. The summed E-state index contributed by atoms with van der Waals surface area (Å²) in [6, 6.07) is 0. The van der Waals surface area contributed by atoms with Gasteiger partial charge in [0.15, 0.2) is 8.32 Å². The van der Waals surface area contributed by atoms with Crippen molar-refractivity contribution in [1.82, 2.24) is 0 Å². The topological polar surface area (TPSA) is 71.1 Å². The van der Waals surface area contributed by atoms with Crippen molar-refractivity contribution in [3.05, 3.63) is 0 Å². The van der Waals surface area contributed by atoms with Crippen molar-refractivity contribution in [2.45, 2.75) is 45.8 Å². The van der Waals surface area contributed by atoms with Gasteiger partial charge in [-0.1, -0.05) is 0 Å². The van der Waals surface area contributed by atoms with Crippen LogP contribution in [0.15, 0.2) is 0 Å². The van der Waals surface area contributed by atoms with Gasteiger partial charge < -0.3 is 18.2 Å². The first-order chi connectivity index (χ1) is 8.56. The molecule has 0 aromatic rings. The van der Waals surface area contributed by atoms with Crippen molar-refractivity contribution in [3.63, 3.8) is 0 Å². The predicted molar refractivity (Wildman–Crippen MR) is 75.7 cm³/mol. The van der Waals surface area contributed by atoms with Crippen molar-refractivity contribution in [3.8, 4) is 0 Å². The van der Waals surface area contributed by atoms with Crippen LogP contribution in [0.25, 0.3) is 0 Å². The lowest BCUT2D eigenvalue weighted by molar-refractivity contribution is -0.153. The van der Waals surface area contributed by atoms with Gasteiger partial charge >= 0.3 is 13.6 Å². The molecule has 0 aliphatic rings. The van der Waals surface area contributed by atoms with E-state index in [0.717, 1.165) is 0 Å². The summed E-state index contributed by atoms with van der Waals surface area (Å²) < 4.78 is 33.9. The van der Waals surface area contributed by atoms with Gasteiger partial charge in [-0.25, -0.2) is 4.79 Å². The van der Waals surface area contributed by atoms with Crippen molar-refractivity contribution in [2.75, 3.05) is 20.3 Å². The van der Waals surface area contributed by atoms with Crippen LogP contribution in [0, 0.1) is 0 Å². The maximum atomic E-state index is 12.9. The van der Waals surface area contributed by atoms with Crippen LogP contribution < -0.4 is 0 Å². The van der Waals surface area contributed by atoms with Gasteiger partial charge in [0.2, 0.25) is 0 Å². The highest BCUT2D eigenvalue weighted by Gasteiger charge is 2.57. The molecule has 1 atom stereocenters. The van der Waals surface area contributed by atoms with E-state index in [9.17, 15) is 9.36 Å². The van der Waals surface area contributed by atoms with Crippen LogP contribution in [0.4, 0.5) is 0 Å². The summed E-state index contributed by atoms with van der Waals surface area (Å²) in [5.74, 6) is -0.750. The van der Waals surface area contributed by atoms with Crippen molar-refractivity contribution in [2.24, 2.45) is 0 Å². The number of carbonyl (C=O) groups is 1. The fourth-order valence-corrected chi connectivity index (χ4v) is 5.73. The van der Waals surface area contributed by atoms with Gasteiger partial charge in [-0.2, -0.15) is 0 Å². The Kier molecular flexibility index (Phi) is 6.92. The zero-order valence-electron chi connectivity index (χ0n) is 12.8. The maximum absolute atomic E-state index is 12.9. The molecule has 0 radical (unpaired) electrons. The first-order valence-corrected chi connectivity index (χ1v) is 11.2. The molecule has 0 spiro atoms. The molecule has 6 nitrogen and oxygen atoms in total. The molecule has 0 N–H and O–H groups in total. The van der Waals surface area contributed by atoms with Crippen LogP contribution in [0.2, 0.25) is 19.6 Å². The number of methoxy groups -OCH3 is 1. The largest absolute Gasteiger partial charge is 0.466 e. The molecule has 19 heavy (non-hydrogen) atoms. The average molecular weight is 312 g/mol. The third-order valence-electron chi connectivity index (χ3n) is 2.19. The summed E-state index contributed by atoms with van der Waals surface area (Å²) in [7, 11) is -4.73.